The van der Waals surface area contributed by atoms with E-state index < -0.39 is 5.97 Å². The maximum absolute atomic E-state index is 12.2. The third-order valence-corrected chi connectivity index (χ3v) is 3.62. The van der Waals surface area contributed by atoms with E-state index in [1.165, 1.54) is 13.2 Å². The van der Waals surface area contributed by atoms with Crippen LogP contribution < -0.4 is 4.74 Å². The third-order valence-electron chi connectivity index (χ3n) is 3.62. The van der Waals surface area contributed by atoms with Gasteiger partial charge in [-0.3, -0.25) is 0 Å². The Kier molecular flexibility index (Phi) is 4.29. The number of para-hydroxylation sites is 3. The molecule has 0 saturated heterocycles. The highest BCUT2D eigenvalue weighted by molar-refractivity contribution is 5.93. The van der Waals surface area contributed by atoms with Crippen LogP contribution in [0.3, 0.4) is 0 Å². The van der Waals surface area contributed by atoms with Crippen LogP contribution in [-0.4, -0.2) is 28.2 Å². The molecule has 1 N–H and O–H groups in total. The highest BCUT2D eigenvalue weighted by Crippen LogP contribution is 2.30. The Hall–Kier alpha value is -3.15. The summed E-state index contributed by atoms with van der Waals surface area (Å²) in [7, 11) is 1.41. The van der Waals surface area contributed by atoms with E-state index in [2.05, 4.69) is 9.97 Å². The molecule has 3 rings (SSSR count). The topological polar surface area (TPSA) is 81.5 Å². The van der Waals surface area contributed by atoms with E-state index in [4.69, 9.17) is 9.47 Å². The summed E-state index contributed by atoms with van der Waals surface area (Å²) in [5, 5.41) is 10.00. The average molecular weight is 324 g/mol. The number of aromatic hydroxyl groups is 1. The molecule has 1 aromatic heterocycles. The van der Waals surface area contributed by atoms with Crippen LogP contribution in [0.15, 0.2) is 42.5 Å². The molecule has 0 aliphatic heterocycles. The molecule has 0 unspecified atom stereocenters. The van der Waals surface area contributed by atoms with Crippen molar-refractivity contribution < 1.29 is 19.4 Å². The van der Waals surface area contributed by atoms with Crippen molar-refractivity contribution in [2.45, 2.75) is 13.5 Å². The average Bonchev–Trinajstić information content (AvgIpc) is 2.59. The number of nitrogens with zero attached hydrogens (tertiary/aromatic N) is 2. The molecule has 0 atom stereocenters. The number of fused-ring (bicyclic) bond motifs is 1. The minimum absolute atomic E-state index is 0.0286. The summed E-state index contributed by atoms with van der Waals surface area (Å²) < 4.78 is 10.3. The summed E-state index contributed by atoms with van der Waals surface area (Å²) in [6.45, 7) is 1.78. The number of aromatic nitrogens is 2. The van der Waals surface area contributed by atoms with Crippen molar-refractivity contribution in [1.82, 2.24) is 9.97 Å². The van der Waals surface area contributed by atoms with Gasteiger partial charge in [0.05, 0.1) is 29.5 Å². The van der Waals surface area contributed by atoms with E-state index in [-0.39, 0.29) is 23.7 Å². The second-order valence-corrected chi connectivity index (χ2v) is 5.18. The van der Waals surface area contributed by atoms with Crippen molar-refractivity contribution >= 4 is 17.0 Å². The third kappa shape index (κ3) is 2.99. The van der Waals surface area contributed by atoms with Gasteiger partial charge in [0.15, 0.2) is 11.5 Å². The number of carbonyl (C=O) groups excluding carboxylic acids is 1. The van der Waals surface area contributed by atoms with Gasteiger partial charge < -0.3 is 14.6 Å². The van der Waals surface area contributed by atoms with Crippen molar-refractivity contribution in [1.29, 1.82) is 0 Å². The number of phenols is 1. The molecule has 122 valence electrons. The molecule has 1 heterocycles. The monoisotopic (exact) mass is 324 g/mol. The number of phenolic OH excluding ortho intramolecular Hbond substituents is 1. The fourth-order valence-electron chi connectivity index (χ4n) is 2.32. The zero-order chi connectivity index (χ0) is 17.1. The van der Waals surface area contributed by atoms with Crippen LogP contribution in [0.5, 0.6) is 11.5 Å². The minimum Gasteiger partial charge on any atom is -0.504 e. The van der Waals surface area contributed by atoms with Gasteiger partial charge in [-0.2, -0.15) is 0 Å². The zero-order valence-electron chi connectivity index (χ0n) is 13.3. The van der Waals surface area contributed by atoms with Gasteiger partial charge in [0.2, 0.25) is 0 Å². The van der Waals surface area contributed by atoms with Gasteiger partial charge in [0.1, 0.15) is 12.2 Å². The molecule has 0 radical (unpaired) electrons. The van der Waals surface area contributed by atoms with Gasteiger partial charge in [0.25, 0.3) is 0 Å². The standard InChI is InChI=1S/C18H16N2O4/c1-11-15(20-14-8-4-3-7-13(14)19-11)10-24-18(22)12-6-5-9-16(23-2)17(12)21/h3-9,21H,10H2,1-2H3. The SMILES string of the molecule is COc1cccc(C(=O)OCc2nc3ccccc3nc2C)c1O. The van der Waals surface area contributed by atoms with Crippen molar-refractivity contribution in [3.05, 3.63) is 59.4 Å². The second kappa shape index (κ2) is 6.54. The number of esters is 1. The summed E-state index contributed by atoms with van der Waals surface area (Å²) in [5.74, 6) is -0.682. The fourth-order valence-corrected chi connectivity index (χ4v) is 2.32. The molecule has 24 heavy (non-hydrogen) atoms. The largest absolute Gasteiger partial charge is 0.504 e. The first-order valence-corrected chi connectivity index (χ1v) is 7.35. The second-order valence-electron chi connectivity index (χ2n) is 5.18. The molecule has 0 bridgehead atoms. The maximum atomic E-state index is 12.2. The highest BCUT2D eigenvalue weighted by atomic mass is 16.5. The predicted molar refractivity (Wildman–Crippen MR) is 88.1 cm³/mol. The lowest BCUT2D eigenvalue weighted by Gasteiger charge is -2.10. The molecule has 3 aromatic rings. The summed E-state index contributed by atoms with van der Waals surface area (Å²) >= 11 is 0. The molecule has 6 heteroatoms. The smallest absolute Gasteiger partial charge is 0.342 e. The van der Waals surface area contributed by atoms with Crippen molar-refractivity contribution in [3.8, 4) is 11.5 Å². The van der Waals surface area contributed by atoms with Crippen molar-refractivity contribution in [2.75, 3.05) is 7.11 Å². The molecule has 0 saturated carbocycles. The van der Waals surface area contributed by atoms with Crippen LogP contribution in [0, 0.1) is 6.92 Å². The van der Waals surface area contributed by atoms with Gasteiger partial charge >= 0.3 is 5.97 Å². The Labute approximate surface area is 138 Å². The number of carbonyl (C=O) groups is 1. The summed E-state index contributed by atoms with van der Waals surface area (Å²) in [6, 6.07) is 12.1. The summed E-state index contributed by atoms with van der Waals surface area (Å²) in [5.41, 5.74) is 2.83. The van der Waals surface area contributed by atoms with Gasteiger partial charge in [0, 0.05) is 0 Å². The summed E-state index contributed by atoms with van der Waals surface area (Å²) in [6.07, 6.45) is 0. The van der Waals surface area contributed by atoms with Crippen LogP contribution in [0.25, 0.3) is 11.0 Å². The number of methoxy groups -OCH3 is 1. The Morgan fingerprint density at radius 2 is 1.79 bits per heavy atom. The van der Waals surface area contributed by atoms with E-state index in [0.29, 0.717) is 11.4 Å². The number of hydrogen-bond donors (Lipinski definition) is 1. The lowest BCUT2D eigenvalue weighted by Crippen LogP contribution is -2.08. The molecule has 2 aromatic carbocycles. The van der Waals surface area contributed by atoms with E-state index in [1.807, 2.05) is 31.2 Å². The van der Waals surface area contributed by atoms with E-state index >= 15 is 0 Å². The fraction of sp³-hybridized carbons (Fsp3) is 0.167. The number of aryl methyl sites for hydroxylation is 1. The minimum atomic E-state index is -0.652. The van der Waals surface area contributed by atoms with Gasteiger partial charge in [-0.05, 0) is 31.2 Å². The molecule has 0 aliphatic rings. The van der Waals surface area contributed by atoms with E-state index in [1.54, 1.807) is 12.1 Å². The number of benzene rings is 2. The quantitative estimate of drug-likeness (QED) is 0.743. The summed E-state index contributed by atoms with van der Waals surface area (Å²) in [4.78, 5) is 21.1. The number of ether oxygens (including phenoxy) is 2. The Morgan fingerprint density at radius 1 is 1.08 bits per heavy atom. The zero-order valence-corrected chi connectivity index (χ0v) is 13.3. The lowest BCUT2D eigenvalue weighted by atomic mass is 10.2. The molecule has 6 nitrogen and oxygen atoms in total. The van der Waals surface area contributed by atoms with E-state index in [0.717, 1.165) is 11.0 Å². The van der Waals surface area contributed by atoms with Crippen LogP contribution in [0.4, 0.5) is 0 Å². The Balaban J connectivity index is 1.81. The number of rotatable bonds is 4. The molecule has 0 fully saturated rings. The number of hydrogen-bond acceptors (Lipinski definition) is 6. The molecule has 0 spiro atoms. The highest BCUT2D eigenvalue weighted by Gasteiger charge is 2.17. The molecular weight excluding hydrogens is 308 g/mol. The first-order chi connectivity index (χ1) is 11.6. The molecular formula is C18H16N2O4. The Morgan fingerprint density at radius 3 is 2.50 bits per heavy atom. The van der Waals surface area contributed by atoms with Crippen LogP contribution in [-0.2, 0) is 11.3 Å². The van der Waals surface area contributed by atoms with Crippen molar-refractivity contribution in [3.63, 3.8) is 0 Å². The molecule has 0 aliphatic carbocycles. The first-order valence-electron chi connectivity index (χ1n) is 7.35. The lowest BCUT2D eigenvalue weighted by molar-refractivity contribution is 0.0463. The Bertz CT molecular complexity index is 909. The maximum Gasteiger partial charge on any atom is 0.342 e. The molecule has 0 amide bonds. The van der Waals surface area contributed by atoms with Crippen LogP contribution in [0.1, 0.15) is 21.7 Å². The van der Waals surface area contributed by atoms with E-state index in [9.17, 15) is 9.90 Å². The van der Waals surface area contributed by atoms with Gasteiger partial charge in [-0.25, -0.2) is 14.8 Å². The van der Waals surface area contributed by atoms with Crippen LogP contribution >= 0.6 is 0 Å². The van der Waals surface area contributed by atoms with Gasteiger partial charge in [-0.15, -0.1) is 0 Å². The van der Waals surface area contributed by atoms with Crippen molar-refractivity contribution in [2.24, 2.45) is 0 Å². The normalized spacial score (nSPS) is 10.6. The predicted octanol–water partition coefficient (Wildman–Crippen LogP) is 3.01. The first kappa shape index (κ1) is 15.7. The van der Waals surface area contributed by atoms with Crippen LogP contribution in [0.2, 0.25) is 0 Å². The van der Waals surface area contributed by atoms with Gasteiger partial charge in [-0.1, -0.05) is 18.2 Å².